The molecule has 2 heterocycles. The van der Waals surface area contributed by atoms with Crippen LogP contribution in [0.1, 0.15) is 5.69 Å². The lowest BCUT2D eigenvalue weighted by Crippen LogP contribution is -1.93. The van der Waals surface area contributed by atoms with E-state index < -0.39 is 0 Å². The van der Waals surface area contributed by atoms with Crippen LogP contribution in [0.2, 0.25) is 0 Å². The largest absolute Gasteiger partial charge is 0.354 e. The number of pyridine rings is 2. The van der Waals surface area contributed by atoms with Gasteiger partial charge in [0.15, 0.2) is 0 Å². The Morgan fingerprint density at radius 3 is 2.79 bits per heavy atom. The molecule has 90 valence electrons. The maximum absolute atomic E-state index is 8.72. The quantitative estimate of drug-likeness (QED) is 0.754. The molecular weight excluding hydrogens is 236 g/mol. The fourth-order valence-corrected chi connectivity index (χ4v) is 1.91. The van der Waals surface area contributed by atoms with Crippen LogP contribution in [0.5, 0.6) is 0 Å². The Labute approximate surface area is 110 Å². The van der Waals surface area contributed by atoms with Gasteiger partial charge in [0.05, 0.1) is 11.9 Å². The van der Waals surface area contributed by atoms with E-state index in [4.69, 9.17) is 5.26 Å². The maximum Gasteiger partial charge on any atom is 0.140 e. The summed E-state index contributed by atoms with van der Waals surface area (Å²) in [5.41, 5.74) is 2.22. The van der Waals surface area contributed by atoms with Crippen molar-refractivity contribution >= 4 is 22.1 Å². The molecule has 0 unspecified atom stereocenters. The summed E-state index contributed by atoms with van der Waals surface area (Å²) in [5.74, 6) is 0. The van der Waals surface area contributed by atoms with Gasteiger partial charge >= 0.3 is 0 Å². The number of fused-ring (bicyclic) bond motifs is 1. The van der Waals surface area contributed by atoms with Gasteiger partial charge in [0.25, 0.3) is 0 Å². The molecule has 0 saturated carbocycles. The molecule has 0 aliphatic carbocycles. The molecule has 2 aromatic heterocycles. The summed E-state index contributed by atoms with van der Waals surface area (Å²) in [6.45, 7) is 0. The van der Waals surface area contributed by atoms with Crippen LogP contribution in [0.25, 0.3) is 10.8 Å². The first-order valence-electron chi connectivity index (χ1n) is 5.83. The van der Waals surface area contributed by atoms with E-state index >= 15 is 0 Å². The third kappa shape index (κ3) is 2.22. The monoisotopic (exact) mass is 246 g/mol. The molecule has 0 atom stereocenters. The van der Waals surface area contributed by atoms with E-state index in [1.807, 2.05) is 42.6 Å². The summed E-state index contributed by atoms with van der Waals surface area (Å²) < 4.78 is 0. The van der Waals surface area contributed by atoms with Crippen molar-refractivity contribution in [3.63, 3.8) is 0 Å². The Morgan fingerprint density at radius 1 is 1.05 bits per heavy atom. The van der Waals surface area contributed by atoms with E-state index in [1.165, 1.54) is 0 Å². The smallest absolute Gasteiger partial charge is 0.140 e. The van der Waals surface area contributed by atoms with Crippen molar-refractivity contribution in [2.24, 2.45) is 0 Å². The molecule has 4 heteroatoms. The standard InChI is InChI=1S/C15H10N4/c16-8-12-4-5-13(9-18-12)19-15-3-1-2-11-6-7-17-10-14(11)15/h1-7,9-10,19H. The average Bonchev–Trinajstić information content (AvgIpc) is 2.48. The SMILES string of the molecule is N#Cc1ccc(Nc2cccc3ccncc23)cn1. The molecule has 0 aliphatic heterocycles. The summed E-state index contributed by atoms with van der Waals surface area (Å²) in [5, 5.41) is 14.2. The van der Waals surface area contributed by atoms with E-state index in [0.29, 0.717) is 5.69 Å². The molecule has 0 spiro atoms. The van der Waals surface area contributed by atoms with Crippen LogP contribution >= 0.6 is 0 Å². The Bertz CT molecular complexity index is 752. The first kappa shape index (κ1) is 11.2. The number of rotatable bonds is 2. The molecule has 1 aromatic carbocycles. The lowest BCUT2D eigenvalue weighted by atomic mass is 10.1. The van der Waals surface area contributed by atoms with Gasteiger partial charge in [0.2, 0.25) is 0 Å². The highest BCUT2D eigenvalue weighted by Gasteiger charge is 2.01. The molecule has 0 bridgehead atoms. The molecule has 3 rings (SSSR count). The van der Waals surface area contributed by atoms with E-state index in [2.05, 4.69) is 15.3 Å². The fourth-order valence-electron chi connectivity index (χ4n) is 1.91. The van der Waals surface area contributed by atoms with Crippen molar-refractivity contribution in [3.05, 3.63) is 60.7 Å². The van der Waals surface area contributed by atoms with Crippen LogP contribution in [0.3, 0.4) is 0 Å². The van der Waals surface area contributed by atoms with Gasteiger partial charge in [0.1, 0.15) is 11.8 Å². The highest BCUT2D eigenvalue weighted by atomic mass is 14.9. The van der Waals surface area contributed by atoms with Crippen LogP contribution in [0.15, 0.2) is 55.0 Å². The van der Waals surface area contributed by atoms with Crippen LogP contribution < -0.4 is 5.32 Å². The molecular formula is C15H10N4. The number of anilines is 2. The van der Waals surface area contributed by atoms with Gasteiger partial charge in [-0.05, 0) is 29.7 Å². The molecule has 0 radical (unpaired) electrons. The van der Waals surface area contributed by atoms with Crippen LogP contribution in [0, 0.1) is 11.3 Å². The van der Waals surface area contributed by atoms with Gasteiger partial charge in [-0.3, -0.25) is 4.98 Å². The Balaban J connectivity index is 1.99. The van der Waals surface area contributed by atoms with E-state index in [0.717, 1.165) is 22.1 Å². The zero-order valence-corrected chi connectivity index (χ0v) is 10.0. The first-order chi connectivity index (χ1) is 9.36. The molecule has 0 amide bonds. The van der Waals surface area contributed by atoms with Crippen molar-refractivity contribution in [1.29, 1.82) is 5.26 Å². The summed E-state index contributed by atoms with van der Waals surface area (Å²) >= 11 is 0. The molecule has 4 nitrogen and oxygen atoms in total. The molecule has 3 aromatic rings. The van der Waals surface area contributed by atoms with Gasteiger partial charge in [-0.15, -0.1) is 0 Å². The number of aromatic nitrogens is 2. The van der Waals surface area contributed by atoms with Gasteiger partial charge in [0, 0.05) is 23.5 Å². The highest BCUT2D eigenvalue weighted by molar-refractivity contribution is 5.94. The van der Waals surface area contributed by atoms with Crippen LogP contribution in [-0.2, 0) is 0 Å². The zero-order chi connectivity index (χ0) is 13.1. The third-order valence-electron chi connectivity index (χ3n) is 2.84. The Kier molecular flexibility index (Phi) is 2.79. The molecule has 19 heavy (non-hydrogen) atoms. The lowest BCUT2D eigenvalue weighted by molar-refractivity contribution is 1.26. The molecule has 1 N–H and O–H groups in total. The highest BCUT2D eigenvalue weighted by Crippen LogP contribution is 2.25. The van der Waals surface area contributed by atoms with Gasteiger partial charge < -0.3 is 5.32 Å². The number of benzene rings is 1. The minimum Gasteiger partial charge on any atom is -0.354 e. The van der Waals surface area contributed by atoms with Gasteiger partial charge in [-0.1, -0.05) is 12.1 Å². The topological polar surface area (TPSA) is 61.6 Å². The predicted octanol–water partition coefficient (Wildman–Crippen LogP) is 3.25. The molecule has 0 aliphatic rings. The predicted molar refractivity (Wildman–Crippen MR) is 74.0 cm³/mol. The number of hydrogen-bond donors (Lipinski definition) is 1. The third-order valence-corrected chi connectivity index (χ3v) is 2.84. The summed E-state index contributed by atoms with van der Waals surface area (Å²) in [6, 6.07) is 13.5. The van der Waals surface area contributed by atoms with Crippen molar-refractivity contribution in [2.45, 2.75) is 0 Å². The van der Waals surface area contributed by atoms with Crippen LogP contribution in [-0.4, -0.2) is 9.97 Å². The van der Waals surface area contributed by atoms with Gasteiger partial charge in [-0.25, -0.2) is 4.98 Å². The number of nitrogens with one attached hydrogen (secondary N) is 1. The van der Waals surface area contributed by atoms with Crippen molar-refractivity contribution < 1.29 is 0 Å². The molecule has 0 saturated heterocycles. The normalized spacial score (nSPS) is 10.1. The number of hydrogen-bond acceptors (Lipinski definition) is 4. The lowest BCUT2D eigenvalue weighted by Gasteiger charge is -2.09. The number of nitrogens with zero attached hydrogens (tertiary/aromatic N) is 3. The second kappa shape index (κ2) is 4.75. The van der Waals surface area contributed by atoms with E-state index in [1.54, 1.807) is 18.5 Å². The minimum absolute atomic E-state index is 0.408. The second-order valence-corrected chi connectivity index (χ2v) is 4.07. The van der Waals surface area contributed by atoms with E-state index in [-0.39, 0.29) is 0 Å². The van der Waals surface area contributed by atoms with Crippen molar-refractivity contribution in [2.75, 3.05) is 5.32 Å². The number of nitriles is 1. The molecule has 0 fully saturated rings. The average molecular weight is 246 g/mol. The fraction of sp³-hybridized carbons (Fsp3) is 0. The Morgan fingerprint density at radius 2 is 2.00 bits per heavy atom. The van der Waals surface area contributed by atoms with Crippen molar-refractivity contribution in [1.82, 2.24) is 9.97 Å². The maximum atomic E-state index is 8.72. The zero-order valence-electron chi connectivity index (χ0n) is 10.0. The second-order valence-electron chi connectivity index (χ2n) is 4.07. The van der Waals surface area contributed by atoms with E-state index in [9.17, 15) is 0 Å². The first-order valence-corrected chi connectivity index (χ1v) is 5.83. The van der Waals surface area contributed by atoms with Crippen LogP contribution in [0.4, 0.5) is 11.4 Å². The van der Waals surface area contributed by atoms with Gasteiger partial charge in [-0.2, -0.15) is 5.26 Å². The van der Waals surface area contributed by atoms with Crippen molar-refractivity contribution in [3.8, 4) is 6.07 Å². The summed E-state index contributed by atoms with van der Waals surface area (Å²) in [4.78, 5) is 8.18. The summed E-state index contributed by atoms with van der Waals surface area (Å²) in [6.07, 6.45) is 5.25. The summed E-state index contributed by atoms with van der Waals surface area (Å²) in [7, 11) is 0. The minimum atomic E-state index is 0.408. The Hall–Kier alpha value is -2.93.